The molecule has 1 aromatic heterocycles. The number of carbonyl (C=O) groups excluding carboxylic acids is 2. The molecule has 1 fully saturated rings. The van der Waals surface area contributed by atoms with Gasteiger partial charge in [-0.2, -0.15) is 4.98 Å². The number of nitrogens with zero attached hydrogens (tertiary/aromatic N) is 4. The minimum atomic E-state index is -3.40. The summed E-state index contributed by atoms with van der Waals surface area (Å²) in [6, 6.07) is 4.72. The van der Waals surface area contributed by atoms with Crippen LogP contribution in [0.3, 0.4) is 0 Å². The first-order valence-corrected chi connectivity index (χ1v) is 13.4. The van der Waals surface area contributed by atoms with Crippen LogP contribution in [0.25, 0.3) is 0 Å². The molecule has 2 aromatic rings. The number of carbonyl (C=O) groups is 2. The van der Waals surface area contributed by atoms with Crippen LogP contribution in [0.1, 0.15) is 26.7 Å². The van der Waals surface area contributed by atoms with Crippen molar-refractivity contribution in [2.75, 3.05) is 54.3 Å². The third-order valence-electron chi connectivity index (χ3n) is 5.56. The van der Waals surface area contributed by atoms with Crippen molar-refractivity contribution in [3.05, 3.63) is 24.4 Å². The molecule has 2 aliphatic heterocycles. The molecule has 36 heavy (non-hydrogen) atoms. The number of aldehydes is 1. The molecule has 1 amide bonds. The van der Waals surface area contributed by atoms with Crippen LogP contribution in [0.2, 0.25) is 0 Å². The summed E-state index contributed by atoms with van der Waals surface area (Å²) < 4.78 is 23.6. The maximum atomic E-state index is 12.2. The zero-order valence-corrected chi connectivity index (χ0v) is 22.2. The second kappa shape index (κ2) is 12.6. The van der Waals surface area contributed by atoms with Gasteiger partial charge in [0.1, 0.15) is 12.0 Å². The van der Waals surface area contributed by atoms with E-state index in [0.717, 1.165) is 31.9 Å². The molecule has 0 bridgehead atoms. The molecule has 0 spiro atoms. The van der Waals surface area contributed by atoms with Gasteiger partial charge in [0.25, 0.3) is 0 Å². The Labute approximate surface area is 212 Å². The van der Waals surface area contributed by atoms with Crippen LogP contribution in [0, 0.1) is 0 Å². The van der Waals surface area contributed by atoms with E-state index in [1.54, 1.807) is 19.3 Å². The molecule has 1 unspecified atom stereocenters. The van der Waals surface area contributed by atoms with E-state index >= 15 is 0 Å². The number of rotatable bonds is 5. The average Bonchev–Trinajstić information content (AvgIpc) is 3.36. The van der Waals surface area contributed by atoms with E-state index in [-0.39, 0.29) is 35.4 Å². The normalized spacial score (nSPS) is 17.0. The molecule has 1 saturated heterocycles. The number of anilines is 5. The summed E-state index contributed by atoms with van der Waals surface area (Å²) in [6.07, 6.45) is 5.86. The van der Waals surface area contributed by atoms with Crippen molar-refractivity contribution in [1.82, 2.24) is 15.3 Å². The maximum absolute atomic E-state index is 12.2. The Bertz CT molecular complexity index is 1170. The number of nitrogens with two attached hydrogens (primary N) is 2. The van der Waals surface area contributed by atoms with Crippen LogP contribution in [0.15, 0.2) is 29.3 Å². The number of nitrogen functional groups attached to an aromatic ring is 1. The molecule has 0 saturated carbocycles. The number of fused-ring (bicyclic) bond motifs is 1. The van der Waals surface area contributed by atoms with Gasteiger partial charge in [-0.1, -0.05) is 0 Å². The van der Waals surface area contributed by atoms with Crippen molar-refractivity contribution < 1.29 is 18.0 Å². The van der Waals surface area contributed by atoms with Crippen LogP contribution in [0.5, 0.6) is 0 Å². The van der Waals surface area contributed by atoms with Gasteiger partial charge in [0.15, 0.2) is 15.7 Å². The van der Waals surface area contributed by atoms with Crippen molar-refractivity contribution in [2.24, 2.45) is 5.73 Å². The van der Waals surface area contributed by atoms with Gasteiger partial charge in [0, 0.05) is 30.7 Å². The molecule has 1 aromatic carbocycles. The highest BCUT2D eigenvalue weighted by Gasteiger charge is 2.30. The molecule has 13 heteroatoms. The lowest BCUT2D eigenvalue weighted by Gasteiger charge is -2.36. The average molecular weight is 521 g/mol. The Balaban J connectivity index is 0.000000431. The Hall–Kier alpha value is -3.29. The van der Waals surface area contributed by atoms with Gasteiger partial charge in [0.2, 0.25) is 11.9 Å². The lowest BCUT2D eigenvalue weighted by molar-refractivity contribution is -0.117. The predicted molar refractivity (Wildman–Crippen MR) is 142 cm³/mol. The Morgan fingerprint density at radius 1 is 1.25 bits per heavy atom. The van der Waals surface area contributed by atoms with Gasteiger partial charge < -0.3 is 36.7 Å². The molecule has 12 nitrogen and oxygen atoms in total. The van der Waals surface area contributed by atoms with E-state index in [4.69, 9.17) is 5.73 Å². The number of benzene rings is 1. The molecule has 3 heterocycles. The summed E-state index contributed by atoms with van der Waals surface area (Å²) in [5, 5.41) is 6.03. The minimum absolute atomic E-state index is 0.0332. The molecule has 198 valence electrons. The summed E-state index contributed by atoms with van der Waals surface area (Å²) in [5.74, 6) is 0.887. The van der Waals surface area contributed by atoms with Crippen molar-refractivity contribution in [3.63, 3.8) is 0 Å². The van der Waals surface area contributed by atoms with E-state index in [2.05, 4.69) is 26.3 Å². The second-order valence-corrected chi connectivity index (χ2v) is 10.6. The lowest BCUT2D eigenvalue weighted by Crippen LogP contribution is -2.47. The highest BCUT2D eigenvalue weighted by molar-refractivity contribution is 7.90. The van der Waals surface area contributed by atoms with Crippen LogP contribution < -0.4 is 31.9 Å². The minimum Gasteiger partial charge on any atom is -0.399 e. The van der Waals surface area contributed by atoms with E-state index in [1.807, 2.05) is 18.7 Å². The fraction of sp³-hybridized carbons (Fsp3) is 0.478. The van der Waals surface area contributed by atoms with E-state index < -0.39 is 9.84 Å². The monoisotopic (exact) mass is 520 g/mol. The third kappa shape index (κ3) is 7.35. The molecular weight excluding hydrogens is 484 g/mol. The summed E-state index contributed by atoms with van der Waals surface area (Å²) in [4.78, 5) is 34.4. The standard InChI is InChI=1S/C17H22N6O3S.C5H9NO.CH5N/c1-10(2)23-9-15(24)22(3)14-8-19-17(21-16(14)23)20-12-5-11(18)6-13(7-12)27(4,25)26;7-4-5-2-1-3-6-5;1-2/h5-8,10H,9,18H2,1-4H3,(H,19,20,21);4-6H,1-3H2;2H2,1H3. The molecule has 2 aliphatic rings. The summed E-state index contributed by atoms with van der Waals surface area (Å²) in [5.41, 5.74) is 11.7. The highest BCUT2D eigenvalue weighted by atomic mass is 32.2. The lowest BCUT2D eigenvalue weighted by atomic mass is 10.2. The maximum Gasteiger partial charge on any atom is 0.246 e. The smallest absolute Gasteiger partial charge is 0.246 e. The van der Waals surface area contributed by atoms with E-state index in [9.17, 15) is 18.0 Å². The third-order valence-corrected chi connectivity index (χ3v) is 6.65. The topological polar surface area (TPSA) is 177 Å². The zero-order valence-electron chi connectivity index (χ0n) is 21.4. The fourth-order valence-electron chi connectivity index (χ4n) is 3.63. The van der Waals surface area contributed by atoms with E-state index in [0.29, 0.717) is 22.9 Å². The van der Waals surface area contributed by atoms with Gasteiger partial charge in [0.05, 0.1) is 23.7 Å². The van der Waals surface area contributed by atoms with Crippen LogP contribution in [-0.4, -0.2) is 76.1 Å². The number of sulfone groups is 1. The van der Waals surface area contributed by atoms with Crippen molar-refractivity contribution in [2.45, 2.75) is 43.7 Å². The number of hydrogen-bond acceptors (Lipinski definition) is 11. The number of aromatic nitrogens is 2. The fourth-order valence-corrected chi connectivity index (χ4v) is 4.32. The van der Waals surface area contributed by atoms with Gasteiger partial charge >= 0.3 is 0 Å². The Morgan fingerprint density at radius 3 is 2.47 bits per heavy atom. The summed E-state index contributed by atoms with van der Waals surface area (Å²) in [7, 11) is -0.215. The molecule has 0 aliphatic carbocycles. The molecule has 0 radical (unpaired) electrons. The first-order valence-electron chi connectivity index (χ1n) is 11.5. The Morgan fingerprint density at radius 2 is 1.94 bits per heavy atom. The van der Waals surface area contributed by atoms with Crippen LogP contribution in [-0.2, 0) is 19.4 Å². The predicted octanol–water partition coefficient (Wildman–Crippen LogP) is 0.909. The molecule has 1 atom stereocenters. The van der Waals surface area contributed by atoms with Crippen molar-refractivity contribution in [3.8, 4) is 0 Å². The summed E-state index contributed by atoms with van der Waals surface area (Å²) >= 11 is 0. The summed E-state index contributed by atoms with van der Waals surface area (Å²) in [6.45, 7) is 5.21. The number of amides is 1. The van der Waals surface area contributed by atoms with Crippen molar-refractivity contribution >= 4 is 50.9 Å². The SMILES string of the molecule is CC(C)N1CC(=O)N(C)c2cnc(Nc3cc(N)cc(S(C)(=O)=O)c3)nc21.CN.O=CC1CCCN1. The molecule has 6 N–H and O–H groups in total. The second-order valence-electron chi connectivity index (χ2n) is 8.60. The number of nitrogens with one attached hydrogen (secondary N) is 2. The highest BCUT2D eigenvalue weighted by Crippen LogP contribution is 2.33. The van der Waals surface area contributed by atoms with Gasteiger partial charge in [-0.25, -0.2) is 13.4 Å². The molecule has 4 rings (SSSR count). The van der Waals surface area contributed by atoms with E-state index in [1.165, 1.54) is 24.1 Å². The first-order chi connectivity index (χ1) is 17.0. The van der Waals surface area contributed by atoms with Gasteiger partial charge in [-0.05, 0) is 58.5 Å². The van der Waals surface area contributed by atoms with Gasteiger partial charge in [-0.15, -0.1) is 0 Å². The first kappa shape index (κ1) is 28.9. The molecular formula is C23H36N8O4S. The van der Waals surface area contributed by atoms with Gasteiger partial charge in [-0.3, -0.25) is 4.79 Å². The van der Waals surface area contributed by atoms with Crippen molar-refractivity contribution in [1.29, 1.82) is 0 Å². The number of likely N-dealkylation sites (N-methyl/N-ethyl adjacent to an activating group) is 1. The number of hydrogen-bond donors (Lipinski definition) is 4. The zero-order chi connectivity index (χ0) is 27.0. The van der Waals surface area contributed by atoms with Crippen LogP contribution >= 0.6 is 0 Å². The largest absolute Gasteiger partial charge is 0.399 e. The van der Waals surface area contributed by atoms with Crippen LogP contribution in [0.4, 0.5) is 28.8 Å². The quantitative estimate of drug-likeness (QED) is 0.325. The Kier molecular flexibility index (Phi) is 10.1.